The SMILES string of the molecule is C[C@@H]1COc2ccccc2CN1C[C@H]1CCCN(S(C)(=O)=O)C1. The second-order valence-corrected chi connectivity index (χ2v) is 8.81. The van der Waals surface area contributed by atoms with Crippen molar-refractivity contribution in [2.24, 2.45) is 5.92 Å². The molecule has 0 amide bonds. The summed E-state index contributed by atoms with van der Waals surface area (Å²) in [5, 5.41) is 0. The molecular weight excluding hydrogens is 312 g/mol. The molecule has 0 aliphatic carbocycles. The number of hydrogen-bond donors (Lipinski definition) is 0. The van der Waals surface area contributed by atoms with Crippen LogP contribution in [0.1, 0.15) is 25.3 Å². The molecule has 0 bridgehead atoms. The summed E-state index contributed by atoms with van der Waals surface area (Å²) in [5.74, 6) is 1.37. The highest BCUT2D eigenvalue weighted by molar-refractivity contribution is 7.88. The summed E-state index contributed by atoms with van der Waals surface area (Å²) < 4.78 is 31.1. The molecule has 2 aliphatic rings. The van der Waals surface area contributed by atoms with Gasteiger partial charge in [0.05, 0.1) is 6.26 Å². The van der Waals surface area contributed by atoms with Crippen molar-refractivity contribution < 1.29 is 13.2 Å². The fourth-order valence-electron chi connectivity index (χ4n) is 3.52. The van der Waals surface area contributed by atoms with Crippen LogP contribution < -0.4 is 4.74 Å². The van der Waals surface area contributed by atoms with Crippen LogP contribution in [0.15, 0.2) is 24.3 Å². The molecule has 0 spiro atoms. The van der Waals surface area contributed by atoms with Crippen molar-refractivity contribution in [1.82, 2.24) is 9.21 Å². The lowest BCUT2D eigenvalue weighted by Crippen LogP contribution is -2.45. The van der Waals surface area contributed by atoms with Gasteiger partial charge in [-0.3, -0.25) is 4.90 Å². The van der Waals surface area contributed by atoms with Gasteiger partial charge < -0.3 is 4.74 Å². The van der Waals surface area contributed by atoms with E-state index in [1.807, 2.05) is 18.2 Å². The van der Waals surface area contributed by atoms with Crippen LogP contribution in [0, 0.1) is 5.92 Å². The van der Waals surface area contributed by atoms with Crippen LogP contribution in [0.2, 0.25) is 0 Å². The number of nitrogens with zero attached hydrogens (tertiary/aromatic N) is 2. The second-order valence-electron chi connectivity index (χ2n) is 6.83. The van der Waals surface area contributed by atoms with Gasteiger partial charge in [0.1, 0.15) is 12.4 Å². The van der Waals surface area contributed by atoms with Crippen molar-refractivity contribution in [3.8, 4) is 5.75 Å². The summed E-state index contributed by atoms with van der Waals surface area (Å²) in [6.45, 7) is 5.96. The summed E-state index contributed by atoms with van der Waals surface area (Å²) in [5.41, 5.74) is 1.22. The van der Waals surface area contributed by atoms with Crippen molar-refractivity contribution in [1.29, 1.82) is 0 Å². The van der Waals surface area contributed by atoms with Crippen LogP contribution >= 0.6 is 0 Å². The van der Waals surface area contributed by atoms with Gasteiger partial charge in [-0.1, -0.05) is 18.2 Å². The van der Waals surface area contributed by atoms with Gasteiger partial charge in [0.15, 0.2) is 0 Å². The summed E-state index contributed by atoms with van der Waals surface area (Å²) in [6, 6.07) is 8.52. The number of sulfonamides is 1. The van der Waals surface area contributed by atoms with Crippen LogP contribution in [0.25, 0.3) is 0 Å². The molecule has 3 rings (SSSR count). The van der Waals surface area contributed by atoms with Crippen molar-refractivity contribution in [3.05, 3.63) is 29.8 Å². The molecule has 0 saturated carbocycles. The monoisotopic (exact) mass is 338 g/mol. The third-order valence-corrected chi connectivity index (χ3v) is 6.16. The van der Waals surface area contributed by atoms with E-state index in [1.54, 1.807) is 4.31 Å². The number of fused-ring (bicyclic) bond motifs is 1. The average molecular weight is 338 g/mol. The van der Waals surface area contributed by atoms with E-state index < -0.39 is 10.0 Å². The van der Waals surface area contributed by atoms with E-state index in [2.05, 4.69) is 17.9 Å². The van der Waals surface area contributed by atoms with E-state index in [4.69, 9.17) is 4.74 Å². The van der Waals surface area contributed by atoms with Gasteiger partial charge in [0, 0.05) is 37.8 Å². The number of piperidine rings is 1. The Morgan fingerprint density at radius 3 is 2.87 bits per heavy atom. The zero-order valence-corrected chi connectivity index (χ0v) is 14.8. The van der Waals surface area contributed by atoms with Gasteiger partial charge >= 0.3 is 0 Å². The number of benzene rings is 1. The minimum Gasteiger partial charge on any atom is -0.492 e. The Morgan fingerprint density at radius 2 is 2.09 bits per heavy atom. The first-order chi connectivity index (χ1) is 10.9. The molecule has 1 aromatic carbocycles. The molecule has 2 atom stereocenters. The molecule has 23 heavy (non-hydrogen) atoms. The lowest BCUT2D eigenvalue weighted by molar-refractivity contribution is 0.117. The first-order valence-corrected chi connectivity index (χ1v) is 10.2. The summed E-state index contributed by atoms with van der Waals surface area (Å²) in [6.07, 6.45) is 3.36. The Morgan fingerprint density at radius 1 is 1.30 bits per heavy atom. The molecule has 1 saturated heterocycles. The zero-order chi connectivity index (χ0) is 16.4. The van der Waals surface area contributed by atoms with Crippen LogP contribution in [-0.4, -0.2) is 56.2 Å². The van der Waals surface area contributed by atoms with Gasteiger partial charge in [-0.2, -0.15) is 0 Å². The van der Waals surface area contributed by atoms with Gasteiger partial charge in [0.2, 0.25) is 10.0 Å². The number of para-hydroxylation sites is 1. The van der Waals surface area contributed by atoms with Crippen LogP contribution in [0.4, 0.5) is 0 Å². The Hall–Kier alpha value is -1.11. The van der Waals surface area contributed by atoms with Crippen molar-refractivity contribution in [2.45, 2.75) is 32.4 Å². The van der Waals surface area contributed by atoms with E-state index in [1.165, 1.54) is 11.8 Å². The highest BCUT2D eigenvalue weighted by Crippen LogP contribution is 2.27. The van der Waals surface area contributed by atoms with Gasteiger partial charge in [0.25, 0.3) is 0 Å². The Kier molecular flexibility index (Phi) is 4.94. The van der Waals surface area contributed by atoms with Crippen LogP contribution in [-0.2, 0) is 16.6 Å². The molecule has 6 heteroatoms. The first kappa shape index (κ1) is 16.7. The predicted molar refractivity (Wildman–Crippen MR) is 90.9 cm³/mol. The smallest absolute Gasteiger partial charge is 0.211 e. The molecule has 128 valence electrons. The topological polar surface area (TPSA) is 49.9 Å². The molecule has 0 radical (unpaired) electrons. The number of ether oxygens (including phenoxy) is 1. The molecule has 1 aromatic rings. The molecule has 0 unspecified atom stereocenters. The highest BCUT2D eigenvalue weighted by Gasteiger charge is 2.29. The third-order valence-electron chi connectivity index (χ3n) is 4.89. The molecule has 1 fully saturated rings. The molecule has 0 aromatic heterocycles. The van der Waals surface area contributed by atoms with Crippen LogP contribution in [0.3, 0.4) is 0 Å². The van der Waals surface area contributed by atoms with Gasteiger partial charge in [-0.05, 0) is 31.7 Å². The fraction of sp³-hybridized carbons (Fsp3) is 0.647. The zero-order valence-electron chi connectivity index (χ0n) is 13.9. The van der Waals surface area contributed by atoms with E-state index in [0.29, 0.717) is 31.7 Å². The maximum absolute atomic E-state index is 11.8. The first-order valence-electron chi connectivity index (χ1n) is 8.33. The summed E-state index contributed by atoms with van der Waals surface area (Å²) >= 11 is 0. The van der Waals surface area contributed by atoms with E-state index >= 15 is 0 Å². The Bertz CT molecular complexity index is 647. The maximum atomic E-state index is 11.8. The molecule has 5 nitrogen and oxygen atoms in total. The lowest BCUT2D eigenvalue weighted by Gasteiger charge is -2.35. The standard InChI is InChI=1S/C17H26N2O3S/c1-14-13-22-17-8-4-3-7-16(17)12-18(14)10-15-6-5-9-19(11-15)23(2,20)21/h3-4,7-8,14-15H,5-6,9-13H2,1-2H3/t14-,15-/m1/s1. The largest absolute Gasteiger partial charge is 0.492 e. The van der Waals surface area contributed by atoms with Gasteiger partial charge in [-0.25, -0.2) is 12.7 Å². The number of rotatable bonds is 3. The third kappa shape index (κ3) is 4.05. The molecule has 0 N–H and O–H groups in total. The van der Waals surface area contributed by atoms with E-state index in [-0.39, 0.29) is 0 Å². The second kappa shape index (κ2) is 6.79. The van der Waals surface area contributed by atoms with Crippen molar-refractivity contribution >= 4 is 10.0 Å². The Balaban J connectivity index is 1.69. The lowest BCUT2D eigenvalue weighted by atomic mass is 9.98. The number of hydrogen-bond acceptors (Lipinski definition) is 4. The molecule has 2 aliphatic heterocycles. The molecular formula is C17H26N2O3S. The summed E-state index contributed by atoms with van der Waals surface area (Å²) in [7, 11) is -3.08. The summed E-state index contributed by atoms with van der Waals surface area (Å²) in [4.78, 5) is 2.43. The van der Waals surface area contributed by atoms with Crippen LogP contribution in [0.5, 0.6) is 5.75 Å². The Labute approximate surface area is 139 Å². The van der Waals surface area contributed by atoms with E-state index in [0.717, 1.165) is 31.7 Å². The molecule has 2 heterocycles. The van der Waals surface area contributed by atoms with Crippen molar-refractivity contribution in [2.75, 3.05) is 32.5 Å². The average Bonchev–Trinajstić information content (AvgIpc) is 2.67. The predicted octanol–water partition coefficient (Wildman–Crippen LogP) is 1.94. The normalized spacial score (nSPS) is 27.0. The van der Waals surface area contributed by atoms with Gasteiger partial charge in [-0.15, -0.1) is 0 Å². The minimum absolute atomic E-state index is 0.330. The van der Waals surface area contributed by atoms with E-state index in [9.17, 15) is 8.42 Å². The van der Waals surface area contributed by atoms with Crippen molar-refractivity contribution in [3.63, 3.8) is 0 Å². The maximum Gasteiger partial charge on any atom is 0.211 e. The highest BCUT2D eigenvalue weighted by atomic mass is 32.2. The quantitative estimate of drug-likeness (QED) is 0.845. The fourth-order valence-corrected chi connectivity index (χ4v) is 4.46. The minimum atomic E-state index is -3.08.